The molecule has 15 heavy (non-hydrogen) atoms. The first-order valence-corrected chi connectivity index (χ1v) is 5.36. The lowest BCUT2D eigenvalue weighted by Gasteiger charge is -2.10. The second kappa shape index (κ2) is 6.35. The average Bonchev–Trinajstić information content (AvgIpc) is 2.09. The second-order valence-corrected chi connectivity index (χ2v) is 5.98. The van der Waals surface area contributed by atoms with E-state index < -0.39 is 15.2 Å². The summed E-state index contributed by atoms with van der Waals surface area (Å²) in [5.41, 5.74) is 0.269. The fourth-order valence-corrected chi connectivity index (χ4v) is 0.697. The summed E-state index contributed by atoms with van der Waals surface area (Å²) in [7, 11) is 0. The Balaban J connectivity index is 3.69. The Morgan fingerprint density at radius 3 is 2.20 bits per heavy atom. The number of ether oxygens (including phenoxy) is 2. The number of carbonyl (C=O) groups is 2. The van der Waals surface area contributed by atoms with Crippen molar-refractivity contribution in [3.63, 3.8) is 0 Å². The zero-order chi connectivity index (χ0) is 12.1. The van der Waals surface area contributed by atoms with Gasteiger partial charge in [0.05, 0.1) is 0 Å². The maximum atomic E-state index is 11.0. The second-order valence-electron chi connectivity index (χ2n) is 2.55. The summed E-state index contributed by atoms with van der Waals surface area (Å²) in [5.74, 6) is -1.41. The summed E-state index contributed by atoms with van der Waals surface area (Å²) in [6.07, 6.45) is 0. The number of rotatable bonds is 5. The number of carbonyl (C=O) groups excluding carboxylic acids is 2. The first-order valence-electron chi connectivity index (χ1n) is 3.81. The smallest absolute Gasteiger partial charge is 0.354 e. The van der Waals surface area contributed by atoms with Crippen LogP contribution in [0.2, 0.25) is 0 Å². The van der Waals surface area contributed by atoms with E-state index in [0.717, 1.165) is 0 Å². The Morgan fingerprint density at radius 2 is 1.80 bits per heavy atom. The summed E-state index contributed by atoms with van der Waals surface area (Å²) in [5, 5.41) is 0. The molecule has 0 aromatic heterocycles. The van der Waals surface area contributed by atoms with Gasteiger partial charge in [0.25, 0.3) is 3.24 Å². The minimum absolute atomic E-state index is 0.0751. The molecule has 7 heteroatoms. The Hall–Kier alpha value is -0.260. The summed E-state index contributed by atoms with van der Waals surface area (Å²) >= 11 is 13.4. The third-order valence-electron chi connectivity index (χ3n) is 1.13. The molecule has 0 saturated heterocycles. The fraction of sp³-hybridized carbons (Fsp3) is 0.500. The highest BCUT2D eigenvalue weighted by atomic mass is 79.9. The maximum absolute atomic E-state index is 11.0. The number of hydrogen-bond acceptors (Lipinski definition) is 4. The molecule has 0 radical (unpaired) electrons. The van der Waals surface area contributed by atoms with Crippen molar-refractivity contribution in [1.82, 2.24) is 0 Å². The van der Waals surface area contributed by atoms with E-state index in [1.54, 1.807) is 0 Å². The van der Waals surface area contributed by atoms with Gasteiger partial charge in [-0.2, -0.15) is 0 Å². The molecule has 0 aliphatic heterocycles. The molecule has 0 rings (SSSR count). The molecule has 0 unspecified atom stereocenters. The molecular weight excluding hydrogens is 311 g/mol. The van der Waals surface area contributed by atoms with Gasteiger partial charge in [0, 0.05) is 5.57 Å². The number of alkyl halides is 3. The van der Waals surface area contributed by atoms with Gasteiger partial charge in [0.1, 0.15) is 13.2 Å². The molecule has 4 nitrogen and oxygen atoms in total. The van der Waals surface area contributed by atoms with E-state index in [1.165, 1.54) is 6.92 Å². The fourth-order valence-electron chi connectivity index (χ4n) is 0.474. The molecule has 86 valence electrons. The molecule has 0 spiro atoms. The molecule has 0 saturated carbocycles. The number of hydrogen-bond donors (Lipinski definition) is 0. The highest BCUT2D eigenvalue weighted by molar-refractivity contribution is 9.11. The lowest BCUT2D eigenvalue weighted by atomic mass is 10.4. The SMILES string of the molecule is C=C(C)C(=O)OCCOC(=O)C(Cl)(Cl)Br. The molecule has 0 amide bonds. The van der Waals surface area contributed by atoms with Crippen molar-refractivity contribution in [3.05, 3.63) is 12.2 Å². The van der Waals surface area contributed by atoms with Crippen LogP contribution in [0.25, 0.3) is 0 Å². The van der Waals surface area contributed by atoms with E-state index >= 15 is 0 Å². The van der Waals surface area contributed by atoms with E-state index in [2.05, 4.69) is 32.0 Å². The van der Waals surface area contributed by atoms with Crippen molar-refractivity contribution in [2.75, 3.05) is 13.2 Å². The van der Waals surface area contributed by atoms with E-state index in [0.29, 0.717) is 0 Å². The van der Waals surface area contributed by atoms with Crippen LogP contribution < -0.4 is 0 Å². The third-order valence-corrected chi connectivity index (χ3v) is 1.76. The van der Waals surface area contributed by atoms with Gasteiger partial charge in [-0.05, 0) is 22.9 Å². The van der Waals surface area contributed by atoms with Gasteiger partial charge in [-0.15, -0.1) is 0 Å². The van der Waals surface area contributed by atoms with Gasteiger partial charge in [-0.3, -0.25) is 0 Å². The lowest BCUT2D eigenvalue weighted by Crippen LogP contribution is -2.23. The molecule has 0 atom stereocenters. The van der Waals surface area contributed by atoms with Crippen LogP contribution in [-0.2, 0) is 19.1 Å². The van der Waals surface area contributed by atoms with Gasteiger partial charge in [-0.25, -0.2) is 9.59 Å². The normalized spacial score (nSPS) is 10.7. The van der Waals surface area contributed by atoms with Crippen LogP contribution in [0.15, 0.2) is 12.2 Å². The van der Waals surface area contributed by atoms with E-state index in [9.17, 15) is 9.59 Å². The Labute approximate surface area is 106 Å². The van der Waals surface area contributed by atoms with Crippen LogP contribution in [0.1, 0.15) is 6.92 Å². The number of esters is 2. The van der Waals surface area contributed by atoms with E-state index in [1.807, 2.05) is 0 Å². The molecular formula is C8H9BrCl2O4. The van der Waals surface area contributed by atoms with Crippen molar-refractivity contribution in [3.8, 4) is 0 Å². The molecule has 0 aromatic rings. The van der Waals surface area contributed by atoms with Gasteiger partial charge in [-0.1, -0.05) is 29.8 Å². The quantitative estimate of drug-likeness (QED) is 0.337. The molecule has 0 bridgehead atoms. The Kier molecular flexibility index (Phi) is 6.24. The van der Waals surface area contributed by atoms with Crippen LogP contribution in [0.3, 0.4) is 0 Å². The average molecular weight is 320 g/mol. The van der Waals surface area contributed by atoms with Crippen molar-refractivity contribution < 1.29 is 19.1 Å². The van der Waals surface area contributed by atoms with Crippen molar-refractivity contribution >= 4 is 51.1 Å². The van der Waals surface area contributed by atoms with Gasteiger partial charge < -0.3 is 9.47 Å². The van der Waals surface area contributed by atoms with Crippen molar-refractivity contribution in [2.24, 2.45) is 0 Å². The zero-order valence-electron chi connectivity index (χ0n) is 7.89. The van der Waals surface area contributed by atoms with Crippen molar-refractivity contribution in [2.45, 2.75) is 10.2 Å². The first-order chi connectivity index (χ1) is 6.75. The van der Waals surface area contributed by atoms with Crippen LogP contribution >= 0.6 is 39.1 Å². The molecule has 0 fully saturated rings. The lowest BCUT2D eigenvalue weighted by molar-refractivity contribution is -0.149. The first kappa shape index (κ1) is 14.7. The Morgan fingerprint density at radius 1 is 1.33 bits per heavy atom. The highest BCUT2D eigenvalue weighted by Gasteiger charge is 2.31. The molecule has 0 aliphatic rings. The zero-order valence-corrected chi connectivity index (χ0v) is 11.0. The minimum atomic E-state index is -1.77. The highest BCUT2D eigenvalue weighted by Crippen LogP contribution is 2.29. The van der Waals surface area contributed by atoms with E-state index in [-0.39, 0.29) is 18.8 Å². The molecule has 0 heterocycles. The topological polar surface area (TPSA) is 52.6 Å². The third kappa shape index (κ3) is 6.76. The van der Waals surface area contributed by atoms with Crippen LogP contribution in [0.5, 0.6) is 0 Å². The molecule has 0 N–H and O–H groups in total. The summed E-state index contributed by atoms with van der Waals surface area (Å²) < 4.78 is 7.46. The van der Waals surface area contributed by atoms with Crippen molar-refractivity contribution in [1.29, 1.82) is 0 Å². The summed E-state index contributed by atoms with van der Waals surface area (Å²) in [6, 6.07) is 0. The number of halogens is 3. The molecule has 0 aliphatic carbocycles. The van der Waals surface area contributed by atoms with E-state index in [4.69, 9.17) is 23.2 Å². The van der Waals surface area contributed by atoms with Gasteiger partial charge in [0.2, 0.25) is 0 Å². The van der Waals surface area contributed by atoms with Gasteiger partial charge in [0.15, 0.2) is 0 Å². The molecule has 0 aromatic carbocycles. The predicted molar refractivity (Wildman–Crippen MR) is 60.1 cm³/mol. The summed E-state index contributed by atoms with van der Waals surface area (Å²) in [4.78, 5) is 21.8. The Bertz CT molecular complexity index is 272. The standard InChI is InChI=1S/C8H9BrCl2O4/c1-5(2)6(12)14-3-4-15-7(13)8(9,10)11/h1,3-4H2,2H3. The van der Waals surface area contributed by atoms with Gasteiger partial charge >= 0.3 is 11.9 Å². The summed E-state index contributed by atoms with van der Waals surface area (Å²) in [6.45, 7) is 4.69. The minimum Gasteiger partial charge on any atom is -0.459 e. The largest absolute Gasteiger partial charge is 0.459 e. The monoisotopic (exact) mass is 318 g/mol. The predicted octanol–water partition coefficient (Wildman–Crippen LogP) is 2.18. The maximum Gasteiger partial charge on any atom is 0.354 e. The van der Waals surface area contributed by atoms with Crippen LogP contribution in [0, 0.1) is 0 Å². The van der Waals surface area contributed by atoms with Crippen LogP contribution in [0.4, 0.5) is 0 Å². The van der Waals surface area contributed by atoms with Crippen LogP contribution in [-0.4, -0.2) is 28.4 Å².